The molecule has 0 radical (unpaired) electrons. The summed E-state index contributed by atoms with van der Waals surface area (Å²) in [5.74, 6) is 0.497. The van der Waals surface area contributed by atoms with E-state index in [2.05, 4.69) is 15.3 Å². The second kappa shape index (κ2) is 7.88. The van der Waals surface area contributed by atoms with E-state index in [0.717, 1.165) is 5.56 Å². The summed E-state index contributed by atoms with van der Waals surface area (Å²) < 4.78 is 10.8. The number of nitro groups is 1. The molecule has 3 rings (SSSR count). The van der Waals surface area contributed by atoms with Crippen molar-refractivity contribution in [3.8, 4) is 17.4 Å². The Morgan fingerprint density at radius 2 is 1.89 bits per heavy atom. The number of hydrogen-bond donors (Lipinski definition) is 1. The number of rotatable bonds is 6. The molecule has 27 heavy (non-hydrogen) atoms. The first-order valence-electron chi connectivity index (χ1n) is 7.83. The third-order valence-electron chi connectivity index (χ3n) is 3.68. The number of benzene rings is 2. The quantitative estimate of drug-likeness (QED) is 0.475. The van der Waals surface area contributed by atoms with Gasteiger partial charge in [-0.15, -0.1) is 0 Å². The monoisotopic (exact) mass is 386 g/mol. The SMILES string of the molecule is COc1ccccc1Oc1ncnc(Nc2ccc(C)c(Cl)c2)c1[N+](=O)[O-]. The van der Waals surface area contributed by atoms with E-state index in [4.69, 9.17) is 21.1 Å². The summed E-state index contributed by atoms with van der Waals surface area (Å²) in [6.45, 7) is 1.86. The molecule has 1 aromatic heterocycles. The molecule has 2 aromatic carbocycles. The fourth-order valence-corrected chi connectivity index (χ4v) is 2.49. The Bertz CT molecular complexity index is 997. The summed E-state index contributed by atoms with van der Waals surface area (Å²) >= 11 is 6.11. The first-order chi connectivity index (χ1) is 13.0. The molecule has 0 aliphatic carbocycles. The van der Waals surface area contributed by atoms with E-state index in [0.29, 0.717) is 22.2 Å². The Morgan fingerprint density at radius 1 is 1.15 bits per heavy atom. The van der Waals surface area contributed by atoms with Crippen LogP contribution < -0.4 is 14.8 Å². The van der Waals surface area contributed by atoms with Gasteiger partial charge in [0.15, 0.2) is 11.5 Å². The highest BCUT2D eigenvalue weighted by Gasteiger charge is 2.26. The number of ether oxygens (including phenoxy) is 2. The van der Waals surface area contributed by atoms with Crippen molar-refractivity contribution in [3.05, 3.63) is 69.5 Å². The molecule has 0 amide bonds. The predicted octanol–water partition coefficient (Wildman–Crippen LogP) is 4.89. The molecule has 9 heteroatoms. The van der Waals surface area contributed by atoms with Crippen molar-refractivity contribution in [2.75, 3.05) is 12.4 Å². The highest BCUT2D eigenvalue weighted by Crippen LogP contribution is 2.38. The smallest absolute Gasteiger partial charge is 0.373 e. The van der Waals surface area contributed by atoms with Gasteiger partial charge in [-0.05, 0) is 36.8 Å². The fraction of sp³-hybridized carbons (Fsp3) is 0.111. The van der Waals surface area contributed by atoms with Crippen LogP contribution in [0.25, 0.3) is 0 Å². The van der Waals surface area contributed by atoms with Gasteiger partial charge in [0.1, 0.15) is 6.33 Å². The van der Waals surface area contributed by atoms with E-state index in [1.807, 2.05) is 6.92 Å². The topological polar surface area (TPSA) is 99.4 Å². The number of methoxy groups -OCH3 is 1. The van der Waals surface area contributed by atoms with Gasteiger partial charge in [0.25, 0.3) is 0 Å². The third kappa shape index (κ3) is 4.06. The maximum absolute atomic E-state index is 11.6. The average molecular weight is 387 g/mol. The van der Waals surface area contributed by atoms with Crippen molar-refractivity contribution in [2.45, 2.75) is 6.92 Å². The summed E-state index contributed by atoms with van der Waals surface area (Å²) in [7, 11) is 1.48. The molecular weight excluding hydrogens is 372 g/mol. The van der Waals surface area contributed by atoms with Crippen LogP contribution in [0.15, 0.2) is 48.8 Å². The van der Waals surface area contributed by atoms with E-state index in [-0.39, 0.29) is 11.7 Å². The number of nitrogens with zero attached hydrogens (tertiary/aromatic N) is 3. The maximum atomic E-state index is 11.6. The number of anilines is 2. The summed E-state index contributed by atoms with van der Waals surface area (Å²) in [6, 6.07) is 12.0. The van der Waals surface area contributed by atoms with Crippen molar-refractivity contribution >= 4 is 28.8 Å². The first-order valence-corrected chi connectivity index (χ1v) is 8.21. The van der Waals surface area contributed by atoms with Crippen LogP contribution in [-0.4, -0.2) is 22.0 Å². The van der Waals surface area contributed by atoms with Gasteiger partial charge in [0.05, 0.1) is 12.0 Å². The van der Waals surface area contributed by atoms with Gasteiger partial charge in [-0.25, -0.2) is 4.98 Å². The van der Waals surface area contributed by atoms with Gasteiger partial charge < -0.3 is 14.8 Å². The Hall–Kier alpha value is -3.39. The van der Waals surface area contributed by atoms with Crippen LogP contribution in [0.1, 0.15) is 5.56 Å². The number of hydrogen-bond acceptors (Lipinski definition) is 7. The summed E-state index contributed by atoms with van der Waals surface area (Å²) in [5.41, 5.74) is 1.04. The summed E-state index contributed by atoms with van der Waals surface area (Å²) in [5, 5.41) is 15.1. The van der Waals surface area contributed by atoms with Crippen molar-refractivity contribution in [1.29, 1.82) is 0 Å². The minimum atomic E-state index is -0.608. The van der Waals surface area contributed by atoms with Gasteiger partial charge in [-0.3, -0.25) is 10.1 Å². The van der Waals surface area contributed by atoms with Crippen molar-refractivity contribution in [1.82, 2.24) is 9.97 Å². The molecule has 0 unspecified atom stereocenters. The first kappa shape index (κ1) is 18.4. The zero-order valence-corrected chi connectivity index (χ0v) is 15.2. The van der Waals surface area contributed by atoms with E-state index in [1.165, 1.54) is 13.4 Å². The van der Waals surface area contributed by atoms with E-state index in [1.54, 1.807) is 42.5 Å². The lowest BCUT2D eigenvalue weighted by Gasteiger charge is -2.11. The molecule has 1 heterocycles. The number of aryl methyl sites for hydroxylation is 1. The third-order valence-corrected chi connectivity index (χ3v) is 4.09. The van der Waals surface area contributed by atoms with Gasteiger partial charge in [-0.2, -0.15) is 4.98 Å². The number of halogens is 1. The van der Waals surface area contributed by atoms with Crippen LogP contribution in [0.5, 0.6) is 17.4 Å². The highest BCUT2D eigenvalue weighted by molar-refractivity contribution is 6.31. The van der Waals surface area contributed by atoms with Crippen LogP contribution in [0, 0.1) is 17.0 Å². The van der Waals surface area contributed by atoms with Crippen LogP contribution in [0.3, 0.4) is 0 Å². The Balaban J connectivity index is 1.99. The van der Waals surface area contributed by atoms with Gasteiger partial charge in [0, 0.05) is 10.7 Å². The van der Waals surface area contributed by atoms with Crippen molar-refractivity contribution in [3.63, 3.8) is 0 Å². The standard InChI is InChI=1S/C18H15ClN4O4/c1-11-7-8-12(9-13(11)19)22-17-16(23(24)25)18(21-10-20-17)27-15-6-4-3-5-14(15)26-2/h3-10H,1-2H3,(H,20,21,22). The average Bonchev–Trinajstić information content (AvgIpc) is 2.65. The summed E-state index contributed by atoms with van der Waals surface area (Å²) in [6.07, 6.45) is 1.18. The van der Waals surface area contributed by atoms with Gasteiger partial charge in [-0.1, -0.05) is 29.8 Å². The van der Waals surface area contributed by atoms with Crippen molar-refractivity contribution in [2.24, 2.45) is 0 Å². The number of nitrogens with one attached hydrogen (secondary N) is 1. The van der Waals surface area contributed by atoms with Crippen LogP contribution >= 0.6 is 11.6 Å². The molecule has 3 aromatic rings. The lowest BCUT2D eigenvalue weighted by atomic mass is 10.2. The highest BCUT2D eigenvalue weighted by atomic mass is 35.5. The summed E-state index contributed by atoms with van der Waals surface area (Å²) in [4.78, 5) is 18.9. The van der Waals surface area contributed by atoms with Gasteiger partial charge >= 0.3 is 11.6 Å². The van der Waals surface area contributed by atoms with E-state index in [9.17, 15) is 10.1 Å². The second-order valence-corrected chi connectivity index (χ2v) is 5.88. The maximum Gasteiger partial charge on any atom is 0.373 e. The molecule has 0 atom stereocenters. The Labute approximate surface area is 159 Å². The van der Waals surface area contributed by atoms with Crippen LogP contribution in [0.4, 0.5) is 17.2 Å². The van der Waals surface area contributed by atoms with E-state index < -0.39 is 10.6 Å². The zero-order chi connectivity index (χ0) is 19.4. The molecule has 0 saturated carbocycles. The lowest BCUT2D eigenvalue weighted by molar-refractivity contribution is -0.385. The predicted molar refractivity (Wildman–Crippen MR) is 101 cm³/mol. The minimum absolute atomic E-state index is 0.0141. The fourth-order valence-electron chi connectivity index (χ4n) is 2.31. The molecule has 0 spiro atoms. The molecule has 8 nitrogen and oxygen atoms in total. The normalized spacial score (nSPS) is 10.3. The Kier molecular flexibility index (Phi) is 5.37. The number of para-hydroxylation sites is 2. The number of aromatic nitrogens is 2. The molecule has 0 aliphatic heterocycles. The van der Waals surface area contributed by atoms with E-state index >= 15 is 0 Å². The van der Waals surface area contributed by atoms with Gasteiger partial charge in [0.2, 0.25) is 5.82 Å². The lowest BCUT2D eigenvalue weighted by Crippen LogP contribution is -2.04. The van der Waals surface area contributed by atoms with Crippen molar-refractivity contribution < 1.29 is 14.4 Å². The molecule has 1 N–H and O–H groups in total. The molecular formula is C18H15ClN4O4. The minimum Gasteiger partial charge on any atom is -0.493 e. The zero-order valence-electron chi connectivity index (χ0n) is 14.5. The molecule has 0 saturated heterocycles. The molecule has 138 valence electrons. The molecule has 0 fully saturated rings. The van der Waals surface area contributed by atoms with Crippen LogP contribution in [-0.2, 0) is 0 Å². The Morgan fingerprint density at radius 3 is 2.56 bits per heavy atom. The second-order valence-electron chi connectivity index (χ2n) is 5.48. The molecule has 0 aliphatic rings. The van der Waals surface area contributed by atoms with Crippen LogP contribution in [0.2, 0.25) is 5.02 Å². The largest absolute Gasteiger partial charge is 0.493 e. The molecule has 0 bridgehead atoms.